The van der Waals surface area contributed by atoms with Gasteiger partial charge in [-0.2, -0.15) is 13.2 Å². The molecule has 0 aromatic heterocycles. The predicted molar refractivity (Wildman–Crippen MR) is 58.9 cm³/mol. The van der Waals surface area contributed by atoms with Gasteiger partial charge in [-0.3, -0.25) is 0 Å². The molecule has 0 nitrogen and oxygen atoms in total. The van der Waals surface area contributed by atoms with Crippen molar-refractivity contribution < 1.29 is 13.2 Å². The van der Waals surface area contributed by atoms with Crippen molar-refractivity contribution in [3.63, 3.8) is 0 Å². The van der Waals surface area contributed by atoms with Crippen molar-refractivity contribution in [1.29, 1.82) is 0 Å². The van der Waals surface area contributed by atoms with E-state index in [9.17, 15) is 13.2 Å². The summed E-state index contributed by atoms with van der Waals surface area (Å²) in [5, 5.41) is 0. The molecule has 1 aromatic carbocycles. The van der Waals surface area contributed by atoms with E-state index in [2.05, 4.69) is 6.92 Å². The zero-order chi connectivity index (χ0) is 12.0. The smallest absolute Gasteiger partial charge is 0.166 e. The molecule has 0 aliphatic heterocycles. The van der Waals surface area contributed by atoms with Crippen LogP contribution in [-0.4, -0.2) is 0 Å². The van der Waals surface area contributed by atoms with Crippen molar-refractivity contribution in [1.82, 2.24) is 0 Å². The van der Waals surface area contributed by atoms with Crippen molar-refractivity contribution in [2.45, 2.75) is 25.4 Å². The van der Waals surface area contributed by atoms with E-state index in [0.717, 1.165) is 30.5 Å². The zero-order valence-corrected chi connectivity index (χ0v) is 8.93. The molecule has 0 saturated heterocycles. The number of halogens is 3. The van der Waals surface area contributed by atoms with Crippen LogP contribution < -0.4 is 0 Å². The number of hydrogen-bond acceptors (Lipinski definition) is 0. The first-order chi connectivity index (χ1) is 7.54. The average molecular weight is 227 g/mol. The summed E-state index contributed by atoms with van der Waals surface area (Å²) in [6.07, 6.45) is 2.10. The van der Waals surface area contributed by atoms with Crippen LogP contribution in [0.3, 0.4) is 0 Å². The Bertz CT molecular complexity index is 333. The largest absolute Gasteiger partial charge is 0.416 e. The van der Waals surface area contributed by atoms with Gasteiger partial charge in [-0.05, 0) is 37.0 Å². The molecule has 0 amide bonds. The molecule has 16 heavy (non-hydrogen) atoms. The van der Waals surface area contributed by atoms with Gasteiger partial charge in [0.2, 0.25) is 0 Å². The molecule has 0 heterocycles. The van der Waals surface area contributed by atoms with Gasteiger partial charge in [0.05, 0.1) is 5.56 Å². The van der Waals surface area contributed by atoms with Crippen molar-refractivity contribution in [2.75, 3.05) is 0 Å². The summed E-state index contributed by atoms with van der Waals surface area (Å²) in [6.45, 7) is 3.69. The second-order valence-corrected chi connectivity index (χ2v) is 3.51. The minimum Gasteiger partial charge on any atom is -0.166 e. The molecule has 0 saturated carbocycles. The van der Waals surface area contributed by atoms with Gasteiger partial charge in [0, 0.05) is 0 Å². The molecule has 1 radical (unpaired) electrons. The molecule has 0 aliphatic carbocycles. The monoisotopic (exact) mass is 227 g/mol. The molecule has 3 heteroatoms. The highest BCUT2D eigenvalue weighted by Gasteiger charge is 2.29. The van der Waals surface area contributed by atoms with Crippen molar-refractivity contribution in [3.05, 3.63) is 54.5 Å². The van der Waals surface area contributed by atoms with E-state index in [-0.39, 0.29) is 0 Å². The summed E-state index contributed by atoms with van der Waals surface area (Å²) in [7, 11) is 0. The molecule has 87 valence electrons. The first-order valence-electron chi connectivity index (χ1n) is 5.14. The number of hydrogen-bond donors (Lipinski definition) is 0. The zero-order valence-electron chi connectivity index (χ0n) is 8.93. The normalized spacial score (nSPS) is 12.2. The van der Waals surface area contributed by atoms with Crippen LogP contribution in [0.25, 0.3) is 0 Å². The lowest BCUT2D eigenvalue weighted by Gasteiger charge is -2.06. The van der Waals surface area contributed by atoms with E-state index in [4.69, 9.17) is 0 Å². The fourth-order valence-corrected chi connectivity index (χ4v) is 1.28. The molecule has 0 bridgehead atoms. The Morgan fingerprint density at radius 2 is 1.69 bits per heavy atom. The van der Waals surface area contributed by atoms with Crippen LogP contribution in [0.5, 0.6) is 0 Å². The van der Waals surface area contributed by atoms with Gasteiger partial charge in [0.25, 0.3) is 0 Å². The highest BCUT2D eigenvalue weighted by molar-refractivity contribution is 5.25. The fourth-order valence-electron chi connectivity index (χ4n) is 1.28. The Morgan fingerprint density at radius 3 is 2.19 bits per heavy atom. The molecule has 0 fully saturated rings. The van der Waals surface area contributed by atoms with E-state index < -0.39 is 11.7 Å². The van der Waals surface area contributed by atoms with Gasteiger partial charge in [-0.25, -0.2) is 0 Å². The van der Waals surface area contributed by atoms with Crippen LogP contribution in [-0.2, 0) is 12.6 Å². The molecule has 0 atom stereocenters. The number of rotatable bonds is 4. The number of alkyl halides is 3. The summed E-state index contributed by atoms with van der Waals surface area (Å²) in [4.78, 5) is 0. The first-order valence-corrected chi connectivity index (χ1v) is 5.14. The van der Waals surface area contributed by atoms with Gasteiger partial charge in [0.15, 0.2) is 0 Å². The fraction of sp³-hybridized carbons (Fsp3) is 0.308. The molecule has 1 aromatic rings. The maximum Gasteiger partial charge on any atom is 0.416 e. The third-order valence-corrected chi connectivity index (χ3v) is 2.17. The number of benzene rings is 1. The molecular formula is C13H14F3. The van der Waals surface area contributed by atoms with Crippen LogP contribution >= 0.6 is 0 Å². The van der Waals surface area contributed by atoms with Crippen molar-refractivity contribution in [2.24, 2.45) is 0 Å². The minimum atomic E-state index is -4.25. The summed E-state index contributed by atoms with van der Waals surface area (Å²) in [6, 6.07) is 5.25. The Kier molecular flexibility index (Phi) is 4.59. The Balaban J connectivity index is 2.58. The maximum atomic E-state index is 12.3. The van der Waals surface area contributed by atoms with Gasteiger partial charge in [-0.1, -0.05) is 31.2 Å². The lowest BCUT2D eigenvalue weighted by atomic mass is 10.1. The maximum absolute atomic E-state index is 12.3. The van der Waals surface area contributed by atoms with Crippen LogP contribution in [0.15, 0.2) is 36.4 Å². The Labute approximate surface area is 93.8 Å². The third-order valence-electron chi connectivity index (χ3n) is 2.17. The molecule has 0 unspecified atom stereocenters. The molecule has 1 rings (SSSR count). The SMILES string of the molecule is [CH2]CC/C=C/Cc1ccc(C(F)(F)F)cc1. The second kappa shape index (κ2) is 5.73. The summed E-state index contributed by atoms with van der Waals surface area (Å²) >= 11 is 0. The average Bonchev–Trinajstić information content (AvgIpc) is 2.24. The van der Waals surface area contributed by atoms with Crippen LogP contribution in [0, 0.1) is 6.92 Å². The highest BCUT2D eigenvalue weighted by Crippen LogP contribution is 2.29. The van der Waals surface area contributed by atoms with Gasteiger partial charge >= 0.3 is 6.18 Å². The highest BCUT2D eigenvalue weighted by atomic mass is 19.4. The minimum absolute atomic E-state index is 0.599. The Hall–Kier alpha value is -1.25. The van der Waals surface area contributed by atoms with E-state index in [1.54, 1.807) is 0 Å². The molecule has 0 N–H and O–H groups in total. The van der Waals surface area contributed by atoms with Crippen LogP contribution in [0.1, 0.15) is 24.0 Å². The first kappa shape index (κ1) is 12.8. The quantitative estimate of drug-likeness (QED) is 0.668. The molecule has 0 aliphatic rings. The molecular weight excluding hydrogens is 213 g/mol. The number of unbranched alkanes of at least 4 members (excludes halogenated alkanes) is 1. The van der Waals surface area contributed by atoms with Crippen LogP contribution in [0.2, 0.25) is 0 Å². The van der Waals surface area contributed by atoms with Crippen molar-refractivity contribution >= 4 is 0 Å². The van der Waals surface area contributed by atoms with E-state index >= 15 is 0 Å². The summed E-state index contributed by atoms with van der Waals surface area (Å²) in [5.74, 6) is 0. The lowest BCUT2D eigenvalue weighted by Crippen LogP contribution is -2.04. The predicted octanol–water partition coefficient (Wildman–Crippen LogP) is 4.42. The second-order valence-electron chi connectivity index (χ2n) is 3.51. The topological polar surface area (TPSA) is 0 Å². The number of allylic oxidation sites excluding steroid dienone is 2. The van der Waals surface area contributed by atoms with E-state index in [0.29, 0.717) is 6.42 Å². The third kappa shape index (κ3) is 4.09. The van der Waals surface area contributed by atoms with E-state index in [1.807, 2.05) is 12.2 Å². The van der Waals surface area contributed by atoms with Crippen molar-refractivity contribution in [3.8, 4) is 0 Å². The van der Waals surface area contributed by atoms with Gasteiger partial charge < -0.3 is 0 Å². The van der Waals surface area contributed by atoms with E-state index in [1.165, 1.54) is 12.1 Å². The standard InChI is InChI=1S/C13H14F3/c1-2-3-4-5-6-11-7-9-12(10-8-11)13(14,15)16/h4-5,7-10H,1-3,6H2/b5-4+. The molecule has 0 spiro atoms. The summed E-state index contributed by atoms with van der Waals surface area (Å²) < 4.78 is 36.8. The lowest BCUT2D eigenvalue weighted by molar-refractivity contribution is -0.137. The van der Waals surface area contributed by atoms with Gasteiger partial charge in [0.1, 0.15) is 0 Å². The summed E-state index contributed by atoms with van der Waals surface area (Å²) in [5.41, 5.74) is 0.284. The van der Waals surface area contributed by atoms with Gasteiger partial charge in [-0.15, -0.1) is 0 Å². The Morgan fingerprint density at radius 1 is 1.06 bits per heavy atom. The van der Waals surface area contributed by atoms with Crippen LogP contribution in [0.4, 0.5) is 13.2 Å².